The molecule has 1 rings (SSSR count). The van der Waals surface area contributed by atoms with E-state index < -0.39 is 21.7 Å². The number of aliphatic carboxylic acids is 1. The van der Waals surface area contributed by atoms with Crippen molar-refractivity contribution >= 4 is 27.4 Å². The Labute approximate surface area is 124 Å². The van der Waals surface area contributed by atoms with Crippen molar-refractivity contribution in [3.63, 3.8) is 0 Å². The summed E-state index contributed by atoms with van der Waals surface area (Å²) in [4.78, 5) is 11.3. The molecule has 4 nitrogen and oxygen atoms in total. The van der Waals surface area contributed by atoms with Crippen molar-refractivity contribution in [2.45, 2.75) is 26.2 Å². The molecule has 0 saturated heterocycles. The van der Waals surface area contributed by atoms with Crippen molar-refractivity contribution in [1.29, 1.82) is 0 Å². The van der Waals surface area contributed by atoms with Gasteiger partial charge in [-0.3, -0.25) is 4.79 Å². The molecule has 0 amide bonds. The zero-order chi connectivity index (χ0) is 15.2. The van der Waals surface area contributed by atoms with Crippen molar-refractivity contribution in [3.8, 4) is 0 Å². The zero-order valence-corrected chi connectivity index (χ0v) is 13.0. The minimum Gasteiger partial charge on any atom is -0.481 e. The molecule has 0 bridgehead atoms. The van der Waals surface area contributed by atoms with E-state index in [9.17, 15) is 18.3 Å². The monoisotopic (exact) mass is 318 g/mol. The summed E-state index contributed by atoms with van der Waals surface area (Å²) in [6, 6.07) is 7.02. The minimum atomic E-state index is -3.16. The van der Waals surface area contributed by atoms with Crippen LogP contribution >= 0.6 is 11.6 Å². The smallest absolute Gasteiger partial charge is 0.306 e. The first-order chi connectivity index (χ1) is 9.35. The van der Waals surface area contributed by atoms with E-state index >= 15 is 0 Å². The quantitative estimate of drug-likeness (QED) is 0.800. The zero-order valence-electron chi connectivity index (χ0n) is 11.4. The molecule has 0 aliphatic heterocycles. The molecule has 1 N–H and O–H groups in total. The van der Waals surface area contributed by atoms with Crippen LogP contribution in [0.2, 0.25) is 5.02 Å². The summed E-state index contributed by atoms with van der Waals surface area (Å²) in [5.41, 5.74) is 0.731. The van der Waals surface area contributed by atoms with E-state index in [1.165, 1.54) is 0 Å². The molecule has 0 aliphatic carbocycles. The highest BCUT2D eigenvalue weighted by Gasteiger charge is 2.22. The average molecular weight is 319 g/mol. The highest BCUT2D eigenvalue weighted by atomic mass is 35.5. The fourth-order valence-corrected chi connectivity index (χ4v) is 3.66. The normalized spacial score (nSPS) is 13.1. The van der Waals surface area contributed by atoms with Gasteiger partial charge in [-0.1, -0.05) is 36.7 Å². The Hall–Kier alpha value is -1.07. The van der Waals surface area contributed by atoms with Crippen LogP contribution in [0.4, 0.5) is 0 Å². The van der Waals surface area contributed by atoms with Crippen LogP contribution in [-0.4, -0.2) is 31.0 Å². The lowest BCUT2D eigenvalue weighted by Crippen LogP contribution is -2.21. The van der Waals surface area contributed by atoms with Crippen LogP contribution < -0.4 is 0 Å². The summed E-state index contributed by atoms with van der Waals surface area (Å²) in [6.07, 6.45) is 0.907. The maximum absolute atomic E-state index is 11.7. The number of hydrogen-bond acceptors (Lipinski definition) is 3. The number of carboxylic acid groups (broad SMARTS) is 1. The molecule has 0 fully saturated rings. The first-order valence-corrected chi connectivity index (χ1v) is 8.72. The van der Waals surface area contributed by atoms with Gasteiger partial charge in [0.25, 0.3) is 0 Å². The lowest BCUT2D eigenvalue weighted by molar-refractivity contribution is -0.141. The third kappa shape index (κ3) is 5.51. The third-order valence-corrected chi connectivity index (χ3v) is 5.32. The van der Waals surface area contributed by atoms with Crippen LogP contribution in [0.25, 0.3) is 0 Å². The van der Waals surface area contributed by atoms with Crippen molar-refractivity contribution in [3.05, 3.63) is 34.9 Å². The second-order valence-corrected chi connectivity index (χ2v) is 7.48. The van der Waals surface area contributed by atoms with Crippen LogP contribution in [0, 0.1) is 5.92 Å². The first-order valence-electron chi connectivity index (χ1n) is 6.52. The SMILES string of the molecule is CCCS(=O)(=O)CCC(Cc1ccccc1Cl)C(=O)O. The van der Waals surface area contributed by atoms with Crippen LogP contribution in [0.15, 0.2) is 24.3 Å². The van der Waals surface area contributed by atoms with E-state index in [1.807, 2.05) is 0 Å². The summed E-state index contributed by atoms with van der Waals surface area (Å²) in [5, 5.41) is 9.72. The van der Waals surface area contributed by atoms with Crippen molar-refractivity contribution in [1.82, 2.24) is 0 Å². The molecule has 6 heteroatoms. The molecular weight excluding hydrogens is 300 g/mol. The van der Waals surface area contributed by atoms with Gasteiger partial charge in [0.2, 0.25) is 0 Å². The molecule has 1 aromatic rings. The van der Waals surface area contributed by atoms with Crippen molar-refractivity contribution in [2.75, 3.05) is 11.5 Å². The molecule has 112 valence electrons. The predicted molar refractivity (Wildman–Crippen MR) is 79.8 cm³/mol. The standard InChI is InChI=1S/C14H19ClO4S/c1-2-8-20(18,19)9-7-12(14(16)17)10-11-5-3-4-6-13(11)15/h3-6,12H,2,7-10H2,1H3,(H,16,17). The molecule has 0 saturated carbocycles. The van der Waals surface area contributed by atoms with E-state index in [-0.39, 0.29) is 24.3 Å². The van der Waals surface area contributed by atoms with Gasteiger partial charge in [-0.05, 0) is 30.9 Å². The van der Waals surface area contributed by atoms with E-state index in [0.717, 1.165) is 5.56 Å². The molecule has 20 heavy (non-hydrogen) atoms. The van der Waals surface area contributed by atoms with Gasteiger partial charge in [0, 0.05) is 10.8 Å². The number of hydrogen-bond donors (Lipinski definition) is 1. The van der Waals surface area contributed by atoms with E-state index in [1.54, 1.807) is 31.2 Å². The van der Waals surface area contributed by atoms with E-state index in [2.05, 4.69) is 0 Å². The fourth-order valence-electron chi connectivity index (χ4n) is 1.98. The molecular formula is C14H19ClO4S. The van der Waals surface area contributed by atoms with Gasteiger partial charge in [-0.15, -0.1) is 0 Å². The van der Waals surface area contributed by atoms with Crippen LogP contribution in [-0.2, 0) is 21.1 Å². The number of rotatable bonds is 8. The van der Waals surface area contributed by atoms with Gasteiger partial charge in [0.15, 0.2) is 0 Å². The Morgan fingerprint density at radius 1 is 1.30 bits per heavy atom. The van der Waals surface area contributed by atoms with Gasteiger partial charge in [0.05, 0.1) is 11.7 Å². The predicted octanol–water partition coefficient (Wildman–Crippen LogP) is 2.80. The Balaban J connectivity index is 2.72. The Morgan fingerprint density at radius 3 is 2.50 bits per heavy atom. The molecule has 1 unspecified atom stereocenters. The Morgan fingerprint density at radius 2 is 1.95 bits per heavy atom. The van der Waals surface area contributed by atoms with Crippen molar-refractivity contribution < 1.29 is 18.3 Å². The lowest BCUT2D eigenvalue weighted by Gasteiger charge is -2.13. The summed E-state index contributed by atoms with van der Waals surface area (Å²) in [6.45, 7) is 1.79. The van der Waals surface area contributed by atoms with Crippen molar-refractivity contribution in [2.24, 2.45) is 5.92 Å². The number of sulfone groups is 1. The number of carbonyl (C=O) groups is 1. The van der Waals surface area contributed by atoms with Crippen LogP contribution in [0.3, 0.4) is 0 Å². The third-order valence-electron chi connectivity index (χ3n) is 3.07. The summed E-state index contributed by atoms with van der Waals surface area (Å²) in [5.74, 6) is -1.72. The molecule has 0 aliphatic rings. The van der Waals surface area contributed by atoms with Gasteiger partial charge in [0.1, 0.15) is 9.84 Å². The number of halogens is 1. The maximum Gasteiger partial charge on any atom is 0.306 e. The molecule has 1 aromatic carbocycles. The molecule has 0 heterocycles. The first kappa shape index (κ1) is 17.0. The Kier molecular flexibility index (Phi) is 6.49. The second-order valence-electron chi connectivity index (χ2n) is 4.77. The molecule has 0 radical (unpaired) electrons. The maximum atomic E-state index is 11.7. The largest absolute Gasteiger partial charge is 0.481 e. The molecule has 0 aromatic heterocycles. The van der Waals surface area contributed by atoms with Gasteiger partial charge in [-0.2, -0.15) is 0 Å². The highest BCUT2D eigenvalue weighted by Crippen LogP contribution is 2.21. The number of carboxylic acids is 1. The summed E-state index contributed by atoms with van der Waals surface area (Å²) >= 11 is 6.00. The van der Waals surface area contributed by atoms with Crippen LogP contribution in [0.1, 0.15) is 25.3 Å². The topological polar surface area (TPSA) is 71.4 Å². The lowest BCUT2D eigenvalue weighted by atomic mass is 9.97. The average Bonchev–Trinajstić information content (AvgIpc) is 2.36. The number of benzene rings is 1. The van der Waals surface area contributed by atoms with Gasteiger partial charge < -0.3 is 5.11 Å². The molecule has 0 spiro atoms. The fraction of sp³-hybridized carbons (Fsp3) is 0.500. The van der Waals surface area contributed by atoms with E-state index in [4.69, 9.17) is 11.6 Å². The summed E-state index contributed by atoms with van der Waals surface area (Å²) < 4.78 is 23.3. The molecule has 1 atom stereocenters. The van der Waals surface area contributed by atoms with Gasteiger partial charge in [-0.25, -0.2) is 8.42 Å². The van der Waals surface area contributed by atoms with E-state index in [0.29, 0.717) is 11.4 Å². The Bertz CT molecular complexity index is 554. The second kappa shape index (κ2) is 7.64. The van der Waals surface area contributed by atoms with Gasteiger partial charge >= 0.3 is 5.97 Å². The highest BCUT2D eigenvalue weighted by molar-refractivity contribution is 7.91. The summed E-state index contributed by atoms with van der Waals surface area (Å²) in [7, 11) is -3.16. The minimum absolute atomic E-state index is 0.0950. The van der Waals surface area contributed by atoms with Crippen LogP contribution in [0.5, 0.6) is 0 Å².